The average Bonchev–Trinajstić information content (AvgIpc) is 2.50. The van der Waals surface area contributed by atoms with Crippen LogP contribution in [0.4, 0.5) is 0 Å². The lowest BCUT2D eigenvalue weighted by Gasteiger charge is -2.21. The molecular weight excluding hydrogens is 316 g/mol. The number of carbonyl (C=O) groups excluding carboxylic acids is 2. The molecule has 8 nitrogen and oxygen atoms in total. The minimum atomic E-state index is -1.33. The molecule has 0 aliphatic carbocycles. The van der Waals surface area contributed by atoms with Crippen LogP contribution in [0.1, 0.15) is 25.3 Å². The predicted octanol–water partition coefficient (Wildman–Crippen LogP) is 0.168. The zero-order valence-electron chi connectivity index (χ0n) is 13.2. The molecule has 2 atom stereocenters. The molecule has 130 valence electrons. The normalized spacial score (nSPS) is 12.7. The number of carboxylic acids is 2. The van der Waals surface area contributed by atoms with Crippen molar-refractivity contribution in [3.63, 3.8) is 0 Å². The highest BCUT2D eigenvalue weighted by molar-refractivity contribution is 5.90. The van der Waals surface area contributed by atoms with Crippen molar-refractivity contribution in [1.29, 1.82) is 0 Å². The second kappa shape index (κ2) is 9.29. The predicted molar refractivity (Wildman–Crippen MR) is 84.2 cm³/mol. The van der Waals surface area contributed by atoms with E-state index in [1.807, 2.05) is 6.07 Å². The third-order valence-electron chi connectivity index (χ3n) is 3.24. The molecule has 0 saturated heterocycles. The highest BCUT2D eigenvalue weighted by atomic mass is 16.4. The fourth-order valence-corrected chi connectivity index (χ4v) is 2.10. The molecule has 1 aromatic rings. The van der Waals surface area contributed by atoms with E-state index in [-0.39, 0.29) is 19.3 Å². The fraction of sp³-hybridized carbons (Fsp3) is 0.375. The van der Waals surface area contributed by atoms with Crippen LogP contribution in [0.5, 0.6) is 0 Å². The number of benzene rings is 1. The van der Waals surface area contributed by atoms with E-state index in [0.717, 1.165) is 5.56 Å². The first kappa shape index (κ1) is 19.1. The summed E-state index contributed by atoms with van der Waals surface area (Å²) in [6.45, 7) is 1.25. The van der Waals surface area contributed by atoms with Gasteiger partial charge in [0.05, 0.1) is 0 Å². The molecule has 0 bridgehead atoms. The third kappa shape index (κ3) is 6.91. The number of hydrogen-bond acceptors (Lipinski definition) is 4. The Hall–Kier alpha value is -2.90. The summed E-state index contributed by atoms with van der Waals surface area (Å²) in [7, 11) is 0. The van der Waals surface area contributed by atoms with Crippen molar-refractivity contribution in [3.05, 3.63) is 35.9 Å². The van der Waals surface area contributed by atoms with E-state index in [1.54, 1.807) is 24.3 Å². The van der Waals surface area contributed by atoms with Crippen molar-refractivity contribution in [2.75, 3.05) is 0 Å². The highest BCUT2D eigenvalue weighted by Gasteiger charge is 2.26. The van der Waals surface area contributed by atoms with Crippen molar-refractivity contribution in [2.24, 2.45) is 0 Å². The van der Waals surface area contributed by atoms with Crippen LogP contribution >= 0.6 is 0 Å². The SMILES string of the molecule is CC(=O)NC(Cc1ccccc1)C(=O)N[C@H](CCC(=O)O)C(=O)O. The molecule has 0 radical (unpaired) electrons. The largest absolute Gasteiger partial charge is 0.481 e. The lowest BCUT2D eigenvalue weighted by atomic mass is 10.0. The van der Waals surface area contributed by atoms with Crippen LogP contribution in [0.25, 0.3) is 0 Å². The van der Waals surface area contributed by atoms with E-state index < -0.39 is 35.8 Å². The van der Waals surface area contributed by atoms with Crippen molar-refractivity contribution in [2.45, 2.75) is 38.3 Å². The van der Waals surface area contributed by atoms with Gasteiger partial charge in [0.2, 0.25) is 11.8 Å². The summed E-state index contributed by atoms with van der Waals surface area (Å²) in [6.07, 6.45) is -0.438. The van der Waals surface area contributed by atoms with Crippen LogP contribution in [-0.4, -0.2) is 46.0 Å². The number of carboxylic acid groups (broad SMARTS) is 2. The second-order valence-electron chi connectivity index (χ2n) is 5.27. The van der Waals surface area contributed by atoms with E-state index in [4.69, 9.17) is 10.2 Å². The summed E-state index contributed by atoms with van der Waals surface area (Å²) in [5.41, 5.74) is 0.795. The van der Waals surface area contributed by atoms with Gasteiger partial charge in [-0.05, 0) is 12.0 Å². The van der Waals surface area contributed by atoms with Crippen molar-refractivity contribution in [1.82, 2.24) is 10.6 Å². The molecule has 2 amide bonds. The van der Waals surface area contributed by atoms with E-state index in [1.165, 1.54) is 6.92 Å². The molecule has 1 rings (SSSR count). The van der Waals surface area contributed by atoms with Gasteiger partial charge in [-0.1, -0.05) is 30.3 Å². The Morgan fingerprint density at radius 2 is 1.62 bits per heavy atom. The molecule has 0 saturated carbocycles. The maximum atomic E-state index is 12.3. The Labute approximate surface area is 138 Å². The van der Waals surface area contributed by atoms with Crippen LogP contribution in [0, 0.1) is 0 Å². The van der Waals surface area contributed by atoms with Gasteiger partial charge >= 0.3 is 11.9 Å². The molecule has 0 heterocycles. The lowest BCUT2D eigenvalue weighted by Crippen LogP contribution is -2.52. The van der Waals surface area contributed by atoms with Gasteiger partial charge < -0.3 is 20.8 Å². The Kier molecular flexibility index (Phi) is 7.41. The van der Waals surface area contributed by atoms with Gasteiger partial charge in [0.25, 0.3) is 0 Å². The zero-order chi connectivity index (χ0) is 18.1. The third-order valence-corrected chi connectivity index (χ3v) is 3.24. The number of carbonyl (C=O) groups is 4. The quantitative estimate of drug-likeness (QED) is 0.508. The Balaban J connectivity index is 2.79. The minimum Gasteiger partial charge on any atom is -0.481 e. The summed E-state index contributed by atoms with van der Waals surface area (Å²) in [5.74, 6) is -3.58. The van der Waals surface area contributed by atoms with Crippen molar-refractivity contribution in [3.8, 4) is 0 Å². The first-order valence-corrected chi connectivity index (χ1v) is 7.35. The number of rotatable bonds is 9. The monoisotopic (exact) mass is 336 g/mol. The maximum Gasteiger partial charge on any atom is 0.326 e. The summed E-state index contributed by atoms with van der Waals surface area (Å²) in [5, 5.41) is 22.5. The summed E-state index contributed by atoms with van der Waals surface area (Å²) in [4.78, 5) is 45.3. The molecule has 1 unspecified atom stereocenters. The summed E-state index contributed by atoms with van der Waals surface area (Å²) < 4.78 is 0. The number of amides is 2. The van der Waals surface area contributed by atoms with E-state index >= 15 is 0 Å². The van der Waals surface area contributed by atoms with Gasteiger partial charge in [0.15, 0.2) is 0 Å². The molecule has 4 N–H and O–H groups in total. The zero-order valence-corrected chi connectivity index (χ0v) is 13.2. The van der Waals surface area contributed by atoms with Gasteiger partial charge in [-0.2, -0.15) is 0 Å². The van der Waals surface area contributed by atoms with E-state index in [0.29, 0.717) is 0 Å². The molecule has 0 fully saturated rings. The first-order chi connectivity index (χ1) is 11.3. The smallest absolute Gasteiger partial charge is 0.326 e. The van der Waals surface area contributed by atoms with E-state index in [9.17, 15) is 19.2 Å². The Bertz CT molecular complexity index is 602. The van der Waals surface area contributed by atoms with Crippen LogP contribution in [0.15, 0.2) is 30.3 Å². The van der Waals surface area contributed by atoms with Gasteiger partial charge in [-0.15, -0.1) is 0 Å². The van der Waals surface area contributed by atoms with Crippen molar-refractivity contribution >= 4 is 23.8 Å². The Morgan fingerprint density at radius 1 is 1.00 bits per heavy atom. The summed E-state index contributed by atoms with van der Waals surface area (Å²) in [6, 6.07) is 6.65. The standard InChI is InChI=1S/C16H20N2O6/c1-10(19)17-13(9-11-5-3-2-4-6-11)15(22)18-12(16(23)24)7-8-14(20)21/h2-6,12-13H,7-9H2,1H3,(H,17,19)(H,18,22)(H,20,21)(H,23,24)/t12-,13?/m1/s1. The molecule has 0 aliphatic rings. The minimum absolute atomic E-state index is 0.192. The molecule has 0 spiro atoms. The average molecular weight is 336 g/mol. The van der Waals surface area contributed by atoms with Gasteiger partial charge in [0, 0.05) is 19.8 Å². The van der Waals surface area contributed by atoms with Crippen LogP contribution in [0.2, 0.25) is 0 Å². The van der Waals surface area contributed by atoms with Gasteiger partial charge in [0.1, 0.15) is 12.1 Å². The Morgan fingerprint density at radius 3 is 2.12 bits per heavy atom. The number of hydrogen-bond donors (Lipinski definition) is 4. The van der Waals surface area contributed by atoms with E-state index in [2.05, 4.69) is 10.6 Å². The molecular formula is C16H20N2O6. The van der Waals surface area contributed by atoms with Gasteiger partial charge in [-0.25, -0.2) is 4.79 Å². The first-order valence-electron chi connectivity index (χ1n) is 7.35. The van der Waals surface area contributed by atoms with Crippen LogP contribution in [-0.2, 0) is 25.6 Å². The molecule has 8 heteroatoms. The van der Waals surface area contributed by atoms with Gasteiger partial charge in [-0.3, -0.25) is 14.4 Å². The number of aliphatic carboxylic acids is 2. The van der Waals surface area contributed by atoms with Crippen LogP contribution in [0.3, 0.4) is 0 Å². The summed E-state index contributed by atoms with van der Waals surface area (Å²) >= 11 is 0. The number of nitrogens with one attached hydrogen (secondary N) is 2. The second-order valence-corrected chi connectivity index (χ2v) is 5.27. The highest BCUT2D eigenvalue weighted by Crippen LogP contribution is 2.05. The van der Waals surface area contributed by atoms with Crippen molar-refractivity contribution < 1.29 is 29.4 Å². The lowest BCUT2D eigenvalue weighted by molar-refractivity contribution is -0.143. The molecule has 1 aromatic carbocycles. The molecule has 24 heavy (non-hydrogen) atoms. The molecule has 0 aromatic heterocycles. The van der Waals surface area contributed by atoms with Crippen LogP contribution < -0.4 is 10.6 Å². The maximum absolute atomic E-state index is 12.3. The molecule has 0 aliphatic heterocycles. The fourth-order valence-electron chi connectivity index (χ4n) is 2.10. The topological polar surface area (TPSA) is 133 Å².